The highest BCUT2D eigenvalue weighted by atomic mass is 16.6. The average Bonchev–Trinajstić information content (AvgIpc) is 2.37. The maximum atomic E-state index is 12.1. The summed E-state index contributed by atoms with van der Waals surface area (Å²) in [6.45, 7) is 5.26. The molecule has 1 atom stereocenters. The number of hydrogen-bond acceptors (Lipinski definition) is 4. The summed E-state index contributed by atoms with van der Waals surface area (Å²) in [5.41, 5.74) is 0.401. The molecule has 0 saturated carbocycles. The van der Waals surface area contributed by atoms with Crippen molar-refractivity contribution >= 4 is 23.2 Å². The van der Waals surface area contributed by atoms with E-state index in [2.05, 4.69) is 10.6 Å². The molecule has 0 unspecified atom stereocenters. The fourth-order valence-electron chi connectivity index (χ4n) is 1.84. The van der Waals surface area contributed by atoms with Crippen LogP contribution in [0, 0.1) is 16.0 Å². The maximum Gasteiger partial charge on any atom is 0.269 e. The van der Waals surface area contributed by atoms with Gasteiger partial charge in [0.1, 0.15) is 6.04 Å². The lowest BCUT2D eigenvalue weighted by atomic mass is 10.0. The lowest BCUT2D eigenvalue weighted by Gasteiger charge is -2.19. The topological polar surface area (TPSA) is 101 Å². The minimum Gasteiger partial charge on any atom is -0.345 e. The molecule has 7 nitrogen and oxygen atoms in total. The zero-order chi connectivity index (χ0) is 16.0. The van der Waals surface area contributed by atoms with Crippen LogP contribution in [0.25, 0.3) is 0 Å². The molecule has 0 aliphatic rings. The normalized spacial score (nSPS) is 11.8. The Labute approximate surface area is 122 Å². The van der Waals surface area contributed by atoms with Crippen LogP contribution in [0.1, 0.15) is 27.2 Å². The third-order valence-corrected chi connectivity index (χ3v) is 2.75. The molecule has 2 amide bonds. The van der Waals surface area contributed by atoms with E-state index in [1.54, 1.807) is 0 Å². The van der Waals surface area contributed by atoms with E-state index in [1.165, 1.54) is 31.2 Å². The molecule has 0 spiro atoms. The lowest BCUT2D eigenvalue weighted by Crippen LogP contribution is -2.43. The molecule has 0 saturated heterocycles. The van der Waals surface area contributed by atoms with Gasteiger partial charge in [0.25, 0.3) is 5.69 Å². The van der Waals surface area contributed by atoms with Crippen LogP contribution in [0.2, 0.25) is 0 Å². The molecular formula is C14H19N3O4. The Morgan fingerprint density at radius 1 is 1.24 bits per heavy atom. The average molecular weight is 293 g/mol. The maximum absolute atomic E-state index is 12.1. The number of anilines is 1. The Balaban J connectivity index is 2.75. The van der Waals surface area contributed by atoms with Crippen molar-refractivity contribution in [1.82, 2.24) is 5.32 Å². The number of nitrogens with zero attached hydrogens (tertiary/aromatic N) is 1. The summed E-state index contributed by atoms with van der Waals surface area (Å²) in [6.07, 6.45) is 0.512. The van der Waals surface area contributed by atoms with Crippen LogP contribution in [0.15, 0.2) is 24.3 Å². The molecule has 0 aliphatic heterocycles. The summed E-state index contributed by atoms with van der Waals surface area (Å²) in [6, 6.07) is 4.90. The van der Waals surface area contributed by atoms with Gasteiger partial charge in [-0.2, -0.15) is 0 Å². The molecule has 0 aromatic heterocycles. The second kappa shape index (κ2) is 7.37. The number of carbonyl (C=O) groups is 2. The zero-order valence-corrected chi connectivity index (χ0v) is 12.3. The van der Waals surface area contributed by atoms with E-state index in [1.807, 2.05) is 13.8 Å². The highest BCUT2D eigenvalue weighted by molar-refractivity contribution is 5.97. The molecule has 0 bridgehead atoms. The molecular weight excluding hydrogens is 274 g/mol. The largest absolute Gasteiger partial charge is 0.345 e. The van der Waals surface area contributed by atoms with Gasteiger partial charge in [0, 0.05) is 24.7 Å². The van der Waals surface area contributed by atoms with Gasteiger partial charge in [-0.3, -0.25) is 19.7 Å². The predicted molar refractivity (Wildman–Crippen MR) is 78.8 cm³/mol. The standard InChI is InChI=1S/C14H19N3O4/c1-9(2)8-13(15-10(3)18)14(19)16-11-4-6-12(7-5-11)17(20)21/h4-7,9,13H,8H2,1-3H3,(H,15,18)(H,16,19)/t13-/m1/s1. The molecule has 21 heavy (non-hydrogen) atoms. The van der Waals surface area contributed by atoms with Crippen LogP contribution in [-0.2, 0) is 9.59 Å². The first kappa shape index (κ1) is 16.6. The SMILES string of the molecule is CC(=O)N[C@H](CC(C)C)C(=O)Nc1ccc([N+](=O)[O-])cc1. The van der Waals surface area contributed by atoms with Gasteiger partial charge < -0.3 is 10.6 Å². The Morgan fingerprint density at radius 2 is 1.81 bits per heavy atom. The number of benzene rings is 1. The minimum atomic E-state index is -0.627. The molecule has 7 heteroatoms. The van der Waals surface area contributed by atoms with Crippen molar-refractivity contribution in [3.8, 4) is 0 Å². The van der Waals surface area contributed by atoms with E-state index >= 15 is 0 Å². The molecule has 0 heterocycles. The Hall–Kier alpha value is -2.44. The summed E-state index contributed by atoms with van der Waals surface area (Å²) >= 11 is 0. The Bertz CT molecular complexity index is 526. The Morgan fingerprint density at radius 3 is 2.24 bits per heavy atom. The molecule has 0 radical (unpaired) electrons. The third-order valence-electron chi connectivity index (χ3n) is 2.75. The number of hydrogen-bond donors (Lipinski definition) is 2. The molecule has 0 aliphatic carbocycles. The number of nitrogens with one attached hydrogen (secondary N) is 2. The van der Waals surface area contributed by atoms with Gasteiger partial charge >= 0.3 is 0 Å². The number of nitro benzene ring substituents is 1. The summed E-state index contributed by atoms with van der Waals surface area (Å²) in [4.78, 5) is 33.3. The van der Waals surface area contributed by atoms with Crippen molar-refractivity contribution in [3.05, 3.63) is 34.4 Å². The van der Waals surface area contributed by atoms with Crippen molar-refractivity contribution in [3.63, 3.8) is 0 Å². The monoisotopic (exact) mass is 293 g/mol. The van der Waals surface area contributed by atoms with E-state index in [4.69, 9.17) is 0 Å². The van der Waals surface area contributed by atoms with Gasteiger partial charge in [0.15, 0.2) is 0 Å². The molecule has 1 aromatic rings. The first-order chi connectivity index (χ1) is 9.79. The van der Waals surface area contributed by atoms with E-state index in [0.29, 0.717) is 12.1 Å². The highest BCUT2D eigenvalue weighted by Crippen LogP contribution is 2.16. The van der Waals surface area contributed by atoms with Crippen LogP contribution in [0.3, 0.4) is 0 Å². The van der Waals surface area contributed by atoms with Crippen molar-refractivity contribution < 1.29 is 14.5 Å². The second-order valence-electron chi connectivity index (χ2n) is 5.18. The third kappa shape index (κ3) is 5.60. The molecule has 1 aromatic carbocycles. The number of rotatable bonds is 6. The zero-order valence-electron chi connectivity index (χ0n) is 12.3. The number of nitro groups is 1. The fraction of sp³-hybridized carbons (Fsp3) is 0.429. The first-order valence-corrected chi connectivity index (χ1v) is 6.62. The first-order valence-electron chi connectivity index (χ1n) is 6.62. The molecule has 2 N–H and O–H groups in total. The van der Waals surface area contributed by atoms with Gasteiger partial charge in [-0.1, -0.05) is 13.8 Å². The van der Waals surface area contributed by atoms with Crippen LogP contribution < -0.4 is 10.6 Å². The van der Waals surface area contributed by atoms with Crippen LogP contribution in [0.4, 0.5) is 11.4 Å². The van der Waals surface area contributed by atoms with Crippen molar-refractivity contribution in [2.24, 2.45) is 5.92 Å². The summed E-state index contributed by atoms with van der Waals surface area (Å²) in [5, 5.41) is 15.8. The van der Waals surface area contributed by atoms with E-state index < -0.39 is 11.0 Å². The van der Waals surface area contributed by atoms with E-state index in [-0.39, 0.29) is 23.4 Å². The van der Waals surface area contributed by atoms with E-state index in [0.717, 1.165) is 0 Å². The molecule has 1 rings (SSSR count). The quantitative estimate of drug-likeness (QED) is 0.619. The van der Waals surface area contributed by atoms with Gasteiger partial charge in [0.05, 0.1) is 4.92 Å². The van der Waals surface area contributed by atoms with Crippen molar-refractivity contribution in [2.45, 2.75) is 33.2 Å². The summed E-state index contributed by atoms with van der Waals surface area (Å²) in [5.74, 6) is -0.378. The van der Waals surface area contributed by atoms with Crippen molar-refractivity contribution in [1.29, 1.82) is 0 Å². The van der Waals surface area contributed by atoms with Gasteiger partial charge in [0.2, 0.25) is 11.8 Å². The van der Waals surface area contributed by atoms with Crippen molar-refractivity contribution in [2.75, 3.05) is 5.32 Å². The van der Waals surface area contributed by atoms with Crippen LogP contribution >= 0.6 is 0 Å². The Kier molecular flexibility index (Phi) is 5.83. The van der Waals surface area contributed by atoms with Crippen LogP contribution in [0.5, 0.6) is 0 Å². The number of non-ortho nitro benzene ring substituents is 1. The van der Waals surface area contributed by atoms with Gasteiger partial charge in [-0.25, -0.2) is 0 Å². The molecule has 0 fully saturated rings. The number of amides is 2. The minimum absolute atomic E-state index is 0.0476. The summed E-state index contributed by atoms with van der Waals surface area (Å²) in [7, 11) is 0. The van der Waals surface area contributed by atoms with E-state index in [9.17, 15) is 19.7 Å². The fourth-order valence-corrected chi connectivity index (χ4v) is 1.84. The lowest BCUT2D eigenvalue weighted by molar-refractivity contribution is -0.384. The van der Waals surface area contributed by atoms with Gasteiger partial charge in [-0.15, -0.1) is 0 Å². The second-order valence-corrected chi connectivity index (χ2v) is 5.18. The number of carbonyl (C=O) groups excluding carboxylic acids is 2. The predicted octanol–water partition coefficient (Wildman–Crippen LogP) is 2.08. The van der Waals surface area contributed by atoms with Crippen LogP contribution in [-0.4, -0.2) is 22.8 Å². The van der Waals surface area contributed by atoms with Gasteiger partial charge in [-0.05, 0) is 24.5 Å². The smallest absolute Gasteiger partial charge is 0.269 e. The summed E-state index contributed by atoms with van der Waals surface area (Å²) < 4.78 is 0. The molecule has 114 valence electrons. The highest BCUT2D eigenvalue weighted by Gasteiger charge is 2.20.